The number of carbonyl (C=O) groups excluding carboxylic acids is 1. The standard InChI is InChI=1S/C42H46N8O3/c1-28-9-15-31(16-10-28)50-39(25-37(47-50)42(2,3)4)44-41(51)43-35-18-19-36(34-8-6-5-7-33(34)35)53-32-17-20-38-45-46-40(49(38)27-32)30-13-11-29(12-14-30)26-48-21-23-52-24-22-48/h5-17,20,25,27,35-36H,18-19,21-24,26H2,1-4H3,(H2,43,44,51)/t35-,36+/m0/s1. The van der Waals surface area contributed by atoms with Gasteiger partial charge in [-0.25, -0.2) is 9.48 Å². The Hall–Kier alpha value is -5.52. The molecule has 272 valence electrons. The summed E-state index contributed by atoms with van der Waals surface area (Å²) >= 11 is 0. The molecular weight excluding hydrogens is 665 g/mol. The largest absolute Gasteiger partial charge is 0.484 e. The molecule has 11 nitrogen and oxygen atoms in total. The van der Waals surface area contributed by atoms with Crippen LogP contribution in [0.3, 0.4) is 0 Å². The molecule has 2 N–H and O–H groups in total. The summed E-state index contributed by atoms with van der Waals surface area (Å²) < 4.78 is 16.0. The van der Waals surface area contributed by atoms with Crippen LogP contribution in [0, 0.1) is 6.92 Å². The molecule has 11 heteroatoms. The molecule has 1 aliphatic carbocycles. The van der Waals surface area contributed by atoms with E-state index in [4.69, 9.17) is 14.6 Å². The van der Waals surface area contributed by atoms with Crippen molar-refractivity contribution in [2.45, 2.75) is 64.6 Å². The van der Waals surface area contributed by atoms with Gasteiger partial charge in [-0.3, -0.25) is 14.6 Å². The molecule has 53 heavy (non-hydrogen) atoms. The summed E-state index contributed by atoms with van der Waals surface area (Å²) in [7, 11) is 0. The first-order chi connectivity index (χ1) is 25.7. The Morgan fingerprint density at radius 1 is 0.906 bits per heavy atom. The minimum absolute atomic E-state index is 0.179. The number of rotatable bonds is 8. The van der Waals surface area contributed by atoms with Crippen molar-refractivity contribution in [3.8, 4) is 22.8 Å². The molecule has 1 fully saturated rings. The van der Waals surface area contributed by atoms with Crippen molar-refractivity contribution in [1.82, 2.24) is 34.6 Å². The molecule has 4 heterocycles. The maximum atomic E-state index is 13.6. The van der Waals surface area contributed by atoms with Crippen molar-refractivity contribution in [3.05, 3.63) is 125 Å². The smallest absolute Gasteiger partial charge is 0.320 e. The molecule has 0 bridgehead atoms. The van der Waals surface area contributed by atoms with Crippen LogP contribution in [0.5, 0.6) is 5.75 Å². The lowest BCUT2D eigenvalue weighted by Crippen LogP contribution is -2.36. The number of hydrogen-bond donors (Lipinski definition) is 2. The summed E-state index contributed by atoms with van der Waals surface area (Å²) in [6, 6.07) is 30.3. The number of morpholine rings is 1. The molecular formula is C42H46N8O3. The van der Waals surface area contributed by atoms with E-state index in [-0.39, 0.29) is 23.6 Å². The van der Waals surface area contributed by atoms with Gasteiger partial charge >= 0.3 is 6.03 Å². The van der Waals surface area contributed by atoms with Gasteiger partial charge in [-0.2, -0.15) is 5.10 Å². The summed E-state index contributed by atoms with van der Waals surface area (Å²) in [4.78, 5) is 16.0. The summed E-state index contributed by atoms with van der Waals surface area (Å²) in [5.41, 5.74) is 7.87. The van der Waals surface area contributed by atoms with Crippen molar-refractivity contribution < 1.29 is 14.3 Å². The lowest BCUT2D eigenvalue weighted by atomic mass is 9.85. The highest BCUT2D eigenvalue weighted by molar-refractivity contribution is 5.89. The van der Waals surface area contributed by atoms with Gasteiger partial charge in [-0.05, 0) is 60.7 Å². The first kappa shape index (κ1) is 34.6. The number of hydrogen-bond acceptors (Lipinski definition) is 7. The zero-order chi connectivity index (χ0) is 36.5. The van der Waals surface area contributed by atoms with Crippen LogP contribution < -0.4 is 15.4 Å². The first-order valence-electron chi connectivity index (χ1n) is 18.4. The second kappa shape index (κ2) is 14.5. The van der Waals surface area contributed by atoms with Crippen LogP contribution in [0.1, 0.15) is 73.7 Å². The third-order valence-electron chi connectivity index (χ3n) is 10.1. The molecule has 0 radical (unpaired) electrons. The van der Waals surface area contributed by atoms with E-state index in [1.54, 1.807) is 4.68 Å². The van der Waals surface area contributed by atoms with Crippen molar-refractivity contribution in [2.24, 2.45) is 0 Å². The normalized spacial score (nSPS) is 17.7. The van der Waals surface area contributed by atoms with Crippen LogP contribution in [0.2, 0.25) is 0 Å². The van der Waals surface area contributed by atoms with E-state index in [0.717, 1.165) is 96.5 Å². The van der Waals surface area contributed by atoms with Crippen LogP contribution >= 0.6 is 0 Å². The van der Waals surface area contributed by atoms with Crippen LogP contribution in [0.25, 0.3) is 22.7 Å². The number of nitrogens with one attached hydrogen (secondary N) is 2. The van der Waals surface area contributed by atoms with Gasteiger partial charge in [-0.15, -0.1) is 10.2 Å². The first-order valence-corrected chi connectivity index (χ1v) is 18.4. The monoisotopic (exact) mass is 710 g/mol. The van der Waals surface area contributed by atoms with E-state index >= 15 is 0 Å². The van der Waals surface area contributed by atoms with Gasteiger partial charge in [0.1, 0.15) is 17.7 Å². The maximum Gasteiger partial charge on any atom is 0.320 e. The number of anilines is 1. The van der Waals surface area contributed by atoms with Crippen molar-refractivity contribution in [2.75, 3.05) is 31.6 Å². The maximum absolute atomic E-state index is 13.6. The van der Waals surface area contributed by atoms with E-state index in [1.165, 1.54) is 5.56 Å². The Labute approximate surface area is 310 Å². The molecule has 2 aliphatic rings. The predicted molar refractivity (Wildman–Crippen MR) is 205 cm³/mol. The zero-order valence-corrected chi connectivity index (χ0v) is 30.8. The van der Waals surface area contributed by atoms with Crippen LogP contribution in [0.4, 0.5) is 10.6 Å². The molecule has 2 amide bonds. The summed E-state index contributed by atoms with van der Waals surface area (Å²) in [6.45, 7) is 12.8. The minimum Gasteiger partial charge on any atom is -0.484 e. The van der Waals surface area contributed by atoms with Crippen LogP contribution in [-0.4, -0.2) is 61.6 Å². The summed E-state index contributed by atoms with van der Waals surface area (Å²) in [5, 5.41) is 20.2. The molecule has 1 saturated heterocycles. The van der Waals surface area contributed by atoms with Crippen molar-refractivity contribution in [3.63, 3.8) is 0 Å². The quantitative estimate of drug-likeness (QED) is 0.166. The fourth-order valence-corrected chi connectivity index (χ4v) is 7.13. The number of pyridine rings is 1. The molecule has 3 aromatic heterocycles. The van der Waals surface area contributed by atoms with Gasteiger partial charge in [0.25, 0.3) is 0 Å². The van der Waals surface area contributed by atoms with Crippen molar-refractivity contribution >= 4 is 17.5 Å². The van der Waals surface area contributed by atoms with Gasteiger partial charge in [0.15, 0.2) is 11.5 Å². The number of amides is 2. The van der Waals surface area contributed by atoms with E-state index in [2.05, 4.69) is 89.8 Å². The molecule has 8 rings (SSSR count). The Morgan fingerprint density at radius 2 is 1.66 bits per heavy atom. The lowest BCUT2D eigenvalue weighted by molar-refractivity contribution is 0.0342. The Bertz CT molecular complexity index is 2210. The molecule has 6 aromatic rings. The van der Waals surface area contributed by atoms with Crippen molar-refractivity contribution in [1.29, 1.82) is 0 Å². The van der Waals surface area contributed by atoms with Crippen LogP contribution in [-0.2, 0) is 16.7 Å². The number of aromatic nitrogens is 5. The Balaban J connectivity index is 0.972. The van der Waals surface area contributed by atoms with Gasteiger partial charge in [0.2, 0.25) is 0 Å². The van der Waals surface area contributed by atoms with Crippen LogP contribution in [0.15, 0.2) is 97.2 Å². The fraction of sp³-hybridized carbons (Fsp3) is 0.333. The summed E-state index contributed by atoms with van der Waals surface area (Å²) in [6.07, 6.45) is 3.24. The molecule has 3 aromatic carbocycles. The Kier molecular flexibility index (Phi) is 9.44. The number of urea groups is 1. The van der Waals surface area contributed by atoms with Gasteiger partial charge in [0, 0.05) is 36.7 Å². The van der Waals surface area contributed by atoms with Gasteiger partial charge < -0.3 is 14.8 Å². The number of ether oxygens (including phenoxy) is 2. The molecule has 0 saturated carbocycles. The SMILES string of the molecule is Cc1ccc(-n2nc(C(C)(C)C)cc2NC(=O)N[C@H]2CC[C@@H](Oc3ccc4nnc(-c5ccc(CN6CCOCC6)cc5)n4c3)c3ccccc32)cc1. The van der Waals surface area contributed by atoms with E-state index in [0.29, 0.717) is 5.82 Å². The third-order valence-corrected chi connectivity index (χ3v) is 10.1. The van der Waals surface area contributed by atoms with E-state index < -0.39 is 0 Å². The molecule has 0 spiro atoms. The number of benzene rings is 3. The van der Waals surface area contributed by atoms with E-state index in [9.17, 15) is 4.79 Å². The average molecular weight is 711 g/mol. The number of carbonyl (C=O) groups is 1. The third kappa shape index (κ3) is 7.53. The fourth-order valence-electron chi connectivity index (χ4n) is 7.13. The second-order valence-electron chi connectivity index (χ2n) is 15.1. The number of fused-ring (bicyclic) bond motifs is 2. The Morgan fingerprint density at radius 3 is 2.42 bits per heavy atom. The molecule has 1 aliphatic heterocycles. The lowest BCUT2D eigenvalue weighted by Gasteiger charge is -2.32. The average Bonchev–Trinajstić information content (AvgIpc) is 3.78. The molecule has 2 atom stereocenters. The molecule has 0 unspecified atom stereocenters. The highest BCUT2D eigenvalue weighted by Gasteiger charge is 2.30. The van der Waals surface area contributed by atoms with Gasteiger partial charge in [-0.1, -0.05) is 87.0 Å². The second-order valence-corrected chi connectivity index (χ2v) is 15.1. The highest BCUT2D eigenvalue weighted by atomic mass is 16.5. The number of aryl methyl sites for hydroxylation is 1. The van der Waals surface area contributed by atoms with E-state index in [1.807, 2.05) is 65.2 Å². The minimum atomic E-state index is -0.280. The summed E-state index contributed by atoms with van der Waals surface area (Å²) in [5.74, 6) is 2.11. The number of nitrogens with zero attached hydrogens (tertiary/aromatic N) is 6. The highest BCUT2D eigenvalue weighted by Crippen LogP contribution is 2.39. The van der Waals surface area contributed by atoms with Gasteiger partial charge in [0.05, 0.1) is 36.8 Å². The topological polar surface area (TPSA) is 111 Å². The predicted octanol–water partition coefficient (Wildman–Crippen LogP) is 7.80. The zero-order valence-electron chi connectivity index (χ0n) is 30.8.